The van der Waals surface area contributed by atoms with Gasteiger partial charge in [-0.2, -0.15) is 17.5 Å². The standard InChI is InChI=1S/C24H34F3N5O5S2/c1-4-23(2,15-19-7-9-20(10-8-19)38(34,35)24(25,26)27)29-11-5-6-12-31-13-14-32(17-22(31)33)39(36,37)21-16-30(3)18-28-21/h7-10,16,18,29H,4-6,11-15,17H2,1-3H3. The molecule has 218 valence electrons. The lowest BCUT2D eigenvalue weighted by Crippen LogP contribution is -2.52. The first-order chi connectivity index (χ1) is 18.1. The summed E-state index contributed by atoms with van der Waals surface area (Å²) >= 11 is 0. The number of aryl methyl sites for hydroxylation is 1. The van der Waals surface area contributed by atoms with Gasteiger partial charge >= 0.3 is 5.51 Å². The van der Waals surface area contributed by atoms with Gasteiger partial charge in [-0.15, -0.1) is 0 Å². The van der Waals surface area contributed by atoms with E-state index in [2.05, 4.69) is 10.3 Å². The van der Waals surface area contributed by atoms with Crippen molar-refractivity contribution in [3.05, 3.63) is 42.4 Å². The molecule has 1 unspecified atom stereocenters. The molecule has 10 nitrogen and oxygen atoms in total. The lowest BCUT2D eigenvalue weighted by molar-refractivity contribution is -0.134. The molecule has 1 aromatic carbocycles. The number of halogens is 3. The second-order valence-electron chi connectivity index (χ2n) is 9.91. The number of sulfonamides is 1. The van der Waals surface area contributed by atoms with Gasteiger partial charge in [-0.25, -0.2) is 21.8 Å². The quantitative estimate of drug-likeness (QED) is 0.375. The van der Waals surface area contributed by atoms with Crippen molar-refractivity contribution in [3.8, 4) is 0 Å². The van der Waals surface area contributed by atoms with Crippen molar-refractivity contribution in [2.24, 2.45) is 7.05 Å². The van der Waals surface area contributed by atoms with E-state index < -0.39 is 30.3 Å². The number of hydrogen-bond acceptors (Lipinski definition) is 7. The summed E-state index contributed by atoms with van der Waals surface area (Å²) in [6.45, 7) is 5.35. The normalized spacial score (nSPS) is 17.4. The van der Waals surface area contributed by atoms with Crippen molar-refractivity contribution >= 4 is 25.8 Å². The molecule has 0 radical (unpaired) electrons. The Balaban J connectivity index is 1.45. The third kappa shape index (κ3) is 7.38. The Morgan fingerprint density at radius 1 is 1.05 bits per heavy atom. The molecule has 1 saturated heterocycles. The predicted molar refractivity (Wildman–Crippen MR) is 138 cm³/mol. The smallest absolute Gasteiger partial charge is 0.340 e. The zero-order valence-corrected chi connectivity index (χ0v) is 23.7. The number of piperazine rings is 1. The first kappa shape index (κ1) is 31.0. The molecule has 15 heteroatoms. The van der Waals surface area contributed by atoms with Crippen LogP contribution in [0.1, 0.15) is 38.7 Å². The SMILES string of the molecule is CCC(C)(Cc1ccc(S(=O)(=O)C(F)(F)F)cc1)NCCCCN1CCN(S(=O)(=O)c2cn(C)cn2)CC1=O. The lowest BCUT2D eigenvalue weighted by Gasteiger charge is -2.33. The molecule has 1 N–H and O–H groups in total. The zero-order chi connectivity index (χ0) is 29.1. The molecule has 0 saturated carbocycles. The van der Waals surface area contributed by atoms with Gasteiger partial charge in [-0.05, 0) is 56.8 Å². The monoisotopic (exact) mass is 593 g/mol. The summed E-state index contributed by atoms with van der Waals surface area (Å²) in [5.41, 5.74) is -5.01. The van der Waals surface area contributed by atoms with Crippen molar-refractivity contribution in [2.45, 2.75) is 60.5 Å². The number of amides is 1. The van der Waals surface area contributed by atoms with Gasteiger partial charge in [0.1, 0.15) is 0 Å². The summed E-state index contributed by atoms with van der Waals surface area (Å²) in [7, 11) is -7.54. The van der Waals surface area contributed by atoms with Gasteiger partial charge in [0.15, 0.2) is 5.03 Å². The molecule has 1 fully saturated rings. The van der Waals surface area contributed by atoms with Crippen molar-refractivity contribution < 1.29 is 34.8 Å². The zero-order valence-electron chi connectivity index (χ0n) is 22.1. The summed E-state index contributed by atoms with van der Waals surface area (Å²) in [5, 5.41) is 3.38. The number of sulfone groups is 1. The number of unbranched alkanes of at least 4 members (excludes halogenated alkanes) is 1. The van der Waals surface area contributed by atoms with Crippen molar-refractivity contribution in [3.63, 3.8) is 0 Å². The molecular weight excluding hydrogens is 559 g/mol. The van der Waals surface area contributed by atoms with E-state index in [9.17, 15) is 34.8 Å². The van der Waals surface area contributed by atoms with E-state index in [1.54, 1.807) is 11.9 Å². The summed E-state index contributed by atoms with van der Waals surface area (Å²) in [6, 6.07) is 4.75. The van der Waals surface area contributed by atoms with E-state index >= 15 is 0 Å². The van der Waals surface area contributed by atoms with Crippen molar-refractivity contribution in [1.82, 2.24) is 24.1 Å². The van der Waals surface area contributed by atoms with E-state index in [1.165, 1.54) is 29.2 Å². The van der Waals surface area contributed by atoms with E-state index in [0.717, 1.165) is 29.3 Å². The number of nitrogens with one attached hydrogen (secondary N) is 1. The summed E-state index contributed by atoms with van der Waals surface area (Å²) in [6.07, 6.45) is 5.45. The Kier molecular flexibility index (Phi) is 9.51. The van der Waals surface area contributed by atoms with Crippen LogP contribution in [0.4, 0.5) is 13.2 Å². The number of benzene rings is 1. The number of nitrogens with zero attached hydrogens (tertiary/aromatic N) is 4. The fourth-order valence-electron chi connectivity index (χ4n) is 4.28. The second-order valence-corrected chi connectivity index (χ2v) is 13.7. The Bertz CT molecular complexity index is 1360. The molecule has 1 amide bonds. The maximum Gasteiger partial charge on any atom is 0.501 e. The van der Waals surface area contributed by atoms with Crippen LogP contribution >= 0.6 is 0 Å². The molecule has 0 bridgehead atoms. The van der Waals surface area contributed by atoms with Crippen LogP contribution in [0.25, 0.3) is 0 Å². The van der Waals surface area contributed by atoms with Gasteiger partial charge in [0, 0.05) is 38.4 Å². The van der Waals surface area contributed by atoms with E-state index in [0.29, 0.717) is 38.0 Å². The number of carbonyl (C=O) groups excluding carboxylic acids is 1. The highest BCUT2D eigenvalue weighted by atomic mass is 32.2. The molecule has 0 aliphatic carbocycles. The van der Waals surface area contributed by atoms with Crippen LogP contribution in [0, 0.1) is 0 Å². The molecular formula is C24H34F3N5O5S2. The highest BCUT2D eigenvalue weighted by Gasteiger charge is 2.46. The highest BCUT2D eigenvalue weighted by molar-refractivity contribution is 7.92. The average Bonchev–Trinajstić information content (AvgIpc) is 3.31. The van der Waals surface area contributed by atoms with Crippen LogP contribution in [0.5, 0.6) is 0 Å². The maximum atomic E-state index is 12.8. The maximum absolute atomic E-state index is 12.8. The predicted octanol–water partition coefficient (Wildman–Crippen LogP) is 2.33. The third-order valence-electron chi connectivity index (χ3n) is 6.89. The number of imidazole rings is 1. The van der Waals surface area contributed by atoms with Crippen molar-refractivity contribution in [1.29, 1.82) is 0 Å². The van der Waals surface area contributed by atoms with Crippen LogP contribution in [0.3, 0.4) is 0 Å². The average molecular weight is 594 g/mol. The van der Waals surface area contributed by atoms with Crippen LogP contribution < -0.4 is 5.32 Å². The minimum Gasteiger partial charge on any atom is -0.340 e. The molecule has 2 aromatic rings. The van der Waals surface area contributed by atoms with E-state index in [4.69, 9.17) is 0 Å². The second kappa shape index (κ2) is 11.9. The summed E-state index contributed by atoms with van der Waals surface area (Å²) < 4.78 is 89.5. The minimum atomic E-state index is -5.38. The number of carbonyl (C=O) groups is 1. The Morgan fingerprint density at radius 2 is 1.72 bits per heavy atom. The number of alkyl halides is 3. The molecule has 2 heterocycles. The number of rotatable bonds is 12. The Morgan fingerprint density at radius 3 is 2.26 bits per heavy atom. The lowest BCUT2D eigenvalue weighted by atomic mass is 9.90. The highest BCUT2D eigenvalue weighted by Crippen LogP contribution is 2.30. The van der Waals surface area contributed by atoms with E-state index in [1.807, 2.05) is 13.8 Å². The van der Waals surface area contributed by atoms with Crippen LogP contribution in [0.2, 0.25) is 0 Å². The van der Waals surface area contributed by atoms with Crippen molar-refractivity contribution in [2.75, 3.05) is 32.7 Å². The number of aromatic nitrogens is 2. The minimum absolute atomic E-state index is 0.0846. The van der Waals surface area contributed by atoms with Crippen LogP contribution in [-0.2, 0) is 38.1 Å². The van der Waals surface area contributed by atoms with Gasteiger partial charge in [-0.3, -0.25) is 4.79 Å². The molecule has 1 aliphatic rings. The first-order valence-electron chi connectivity index (χ1n) is 12.5. The van der Waals surface area contributed by atoms with E-state index in [-0.39, 0.29) is 29.6 Å². The Labute approximate surface area is 227 Å². The molecule has 39 heavy (non-hydrogen) atoms. The Hall–Kier alpha value is -2.49. The molecule has 1 aliphatic heterocycles. The summed E-state index contributed by atoms with van der Waals surface area (Å²) in [5.74, 6) is -0.261. The third-order valence-corrected chi connectivity index (χ3v) is 10.1. The fraction of sp³-hybridized carbons (Fsp3) is 0.583. The van der Waals surface area contributed by atoms with Gasteiger partial charge in [-0.1, -0.05) is 19.1 Å². The van der Waals surface area contributed by atoms with Gasteiger partial charge in [0.25, 0.3) is 19.9 Å². The van der Waals surface area contributed by atoms with Gasteiger partial charge < -0.3 is 14.8 Å². The van der Waals surface area contributed by atoms with Gasteiger partial charge in [0.05, 0.1) is 17.8 Å². The van der Waals surface area contributed by atoms with Gasteiger partial charge in [0.2, 0.25) is 5.91 Å². The first-order valence-corrected chi connectivity index (χ1v) is 15.4. The largest absolute Gasteiger partial charge is 0.501 e. The van der Waals surface area contributed by atoms with Crippen LogP contribution in [-0.4, -0.2) is 85.3 Å². The molecule has 3 rings (SSSR count). The fourth-order valence-corrected chi connectivity index (χ4v) is 6.39. The number of hydrogen-bond donors (Lipinski definition) is 1. The summed E-state index contributed by atoms with van der Waals surface area (Å²) in [4.78, 5) is 17.3. The molecule has 1 aromatic heterocycles. The van der Waals surface area contributed by atoms with Crippen LogP contribution in [0.15, 0.2) is 46.7 Å². The topological polar surface area (TPSA) is 122 Å². The molecule has 1 atom stereocenters. The molecule has 0 spiro atoms.